The average Bonchev–Trinajstić information content (AvgIpc) is 2.15. The van der Waals surface area contributed by atoms with E-state index in [1.54, 1.807) is 6.92 Å². The highest BCUT2D eigenvalue weighted by atomic mass is 16.2. The standard InChI is InChI=1S/C9H15N3O3/c1-3-6-9(15)11-7(13)4-12(6)5(2)8(10)14/h5-6H,3-4H2,1-2H3,(H2,10,14)(H,11,13,15). The number of nitrogens with two attached hydrogens (primary N) is 1. The van der Waals surface area contributed by atoms with Crippen molar-refractivity contribution in [2.24, 2.45) is 5.73 Å². The van der Waals surface area contributed by atoms with Crippen molar-refractivity contribution in [2.75, 3.05) is 6.54 Å². The van der Waals surface area contributed by atoms with E-state index >= 15 is 0 Å². The molecule has 1 heterocycles. The molecule has 1 rings (SSSR count). The van der Waals surface area contributed by atoms with Crippen LogP contribution in [0, 0.1) is 0 Å². The van der Waals surface area contributed by atoms with Gasteiger partial charge in [-0.3, -0.25) is 24.6 Å². The predicted octanol–water partition coefficient (Wildman–Crippen LogP) is -1.40. The molecule has 15 heavy (non-hydrogen) atoms. The lowest BCUT2D eigenvalue weighted by atomic mass is 10.1. The molecule has 0 aromatic heterocycles. The molecular formula is C9H15N3O3. The van der Waals surface area contributed by atoms with Gasteiger partial charge in [0, 0.05) is 0 Å². The molecule has 0 radical (unpaired) electrons. The summed E-state index contributed by atoms with van der Waals surface area (Å²) in [7, 11) is 0. The molecule has 0 aromatic rings. The minimum atomic E-state index is -0.607. The van der Waals surface area contributed by atoms with Gasteiger partial charge in [0.25, 0.3) is 0 Å². The molecule has 0 bridgehead atoms. The van der Waals surface area contributed by atoms with Crippen molar-refractivity contribution in [3.63, 3.8) is 0 Å². The monoisotopic (exact) mass is 213 g/mol. The number of nitrogens with one attached hydrogen (secondary N) is 1. The van der Waals surface area contributed by atoms with Gasteiger partial charge in [0.05, 0.1) is 18.6 Å². The molecule has 2 unspecified atom stereocenters. The van der Waals surface area contributed by atoms with Crippen LogP contribution in [0.4, 0.5) is 0 Å². The van der Waals surface area contributed by atoms with Gasteiger partial charge in [0.2, 0.25) is 17.7 Å². The van der Waals surface area contributed by atoms with Gasteiger partial charge in [-0.15, -0.1) is 0 Å². The maximum atomic E-state index is 11.4. The van der Waals surface area contributed by atoms with Crippen molar-refractivity contribution in [2.45, 2.75) is 32.4 Å². The highest BCUT2D eigenvalue weighted by molar-refractivity contribution is 6.01. The highest BCUT2D eigenvalue weighted by Gasteiger charge is 2.36. The fourth-order valence-electron chi connectivity index (χ4n) is 1.68. The van der Waals surface area contributed by atoms with Crippen molar-refractivity contribution in [1.82, 2.24) is 10.2 Å². The maximum absolute atomic E-state index is 11.4. The van der Waals surface area contributed by atoms with Crippen LogP contribution in [0.5, 0.6) is 0 Å². The van der Waals surface area contributed by atoms with E-state index in [1.165, 1.54) is 4.90 Å². The molecule has 1 aliphatic rings. The highest BCUT2D eigenvalue weighted by Crippen LogP contribution is 2.12. The average molecular weight is 213 g/mol. The molecule has 0 spiro atoms. The number of hydrogen-bond donors (Lipinski definition) is 2. The number of rotatable bonds is 3. The number of carbonyl (C=O) groups excluding carboxylic acids is 3. The van der Waals surface area contributed by atoms with Gasteiger partial charge < -0.3 is 5.73 Å². The number of primary amides is 1. The van der Waals surface area contributed by atoms with Crippen LogP contribution in [0.15, 0.2) is 0 Å². The Hall–Kier alpha value is -1.43. The van der Waals surface area contributed by atoms with Crippen LogP contribution < -0.4 is 11.1 Å². The Morgan fingerprint density at radius 3 is 2.73 bits per heavy atom. The first-order chi connectivity index (χ1) is 6.97. The zero-order valence-corrected chi connectivity index (χ0v) is 8.82. The van der Waals surface area contributed by atoms with E-state index in [0.717, 1.165) is 0 Å². The van der Waals surface area contributed by atoms with Crippen LogP contribution in [0.25, 0.3) is 0 Å². The van der Waals surface area contributed by atoms with Gasteiger partial charge in [-0.2, -0.15) is 0 Å². The van der Waals surface area contributed by atoms with E-state index in [1.807, 2.05) is 6.92 Å². The van der Waals surface area contributed by atoms with Crippen LogP contribution in [-0.2, 0) is 14.4 Å². The van der Waals surface area contributed by atoms with Gasteiger partial charge >= 0.3 is 0 Å². The first-order valence-corrected chi connectivity index (χ1v) is 4.86. The molecule has 0 aliphatic carbocycles. The van der Waals surface area contributed by atoms with Crippen molar-refractivity contribution in [3.05, 3.63) is 0 Å². The largest absolute Gasteiger partial charge is 0.368 e. The summed E-state index contributed by atoms with van der Waals surface area (Å²) < 4.78 is 0. The summed E-state index contributed by atoms with van der Waals surface area (Å²) in [5.41, 5.74) is 5.15. The second-order valence-electron chi connectivity index (χ2n) is 3.59. The molecule has 6 nitrogen and oxygen atoms in total. The summed E-state index contributed by atoms with van der Waals surface area (Å²) in [6, 6.07) is -1.06. The van der Waals surface area contributed by atoms with Crippen LogP contribution in [0.1, 0.15) is 20.3 Å². The lowest BCUT2D eigenvalue weighted by Crippen LogP contribution is -2.62. The minimum Gasteiger partial charge on any atom is -0.368 e. The topological polar surface area (TPSA) is 92.5 Å². The Balaban J connectivity index is 2.87. The normalized spacial score (nSPS) is 24.8. The van der Waals surface area contributed by atoms with Gasteiger partial charge in [-0.25, -0.2) is 0 Å². The fourth-order valence-corrected chi connectivity index (χ4v) is 1.68. The Labute approximate surface area is 87.8 Å². The Morgan fingerprint density at radius 1 is 1.67 bits per heavy atom. The molecule has 0 aromatic carbocycles. The zero-order chi connectivity index (χ0) is 11.6. The number of imide groups is 1. The molecule has 84 valence electrons. The van der Waals surface area contributed by atoms with Crippen molar-refractivity contribution in [3.8, 4) is 0 Å². The molecular weight excluding hydrogens is 198 g/mol. The quantitative estimate of drug-likeness (QED) is 0.564. The molecule has 3 amide bonds. The van der Waals surface area contributed by atoms with Crippen molar-refractivity contribution < 1.29 is 14.4 Å². The summed E-state index contributed by atoms with van der Waals surface area (Å²) in [6.45, 7) is 3.45. The van der Waals surface area contributed by atoms with E-state index in [0.29, 0.717) is 6.42 Å². The van der Waals surface area contributed by atoms with Crippen LogP contribution in [0.2, 0.25) is 0 Å². The molecule has 6 heteroatoms. The SMILES string of the molecule is CCC1C(=O)NC(=O)CN1C(C)C(N)=O. The third-order valence-corrected chi connectivity index (χ3v) is 2.59. The minimum absolute atomic E-state index is 0.0361. The van der Waals surface area contributed by atoms with Gasteiger partial charge in [0.15, 0.2) is 0 Å². The molecule has 3 N–H and O–H groups in total. The third-order valence-electron chi connectivity index (χ3n) is 2.59. The Bertz CT molecular complexity index is 303. The van der Waals surface area contributed by atoms with Crippen LogP contribution in [0.3, 0.4) is 0 Å². The number of hydrogen-bond acceptors (Lipinski definition) is 4. The first-order valence-electron chi connectivity index (χ1n) is 4.86. The smallest absolute Gasteiger partial charge is 0.243 e. The lowest BCUT2D eigenvalue weighted by molar-refractivity contribution is -0.143. The summed E-state index contributed by atoms with van der Waals surface area (Å²) in [4.78, 5) is 35.1. The second-order valence-corrected chi connectivity index (χ2v) is 3.59. The summed E-state index contributed by atoms with van der Waals surface area (Å²) in [6.07, 6.45) is 0.538. The number of amides is 3. The summed E-state index contributed by atoms with van der Waals surface area (Å²) in [5, 5.41) is 2.23. The second kappa shape index (κ2) is 4.39. The van der Waals surface area contributed by atoms with Crippen molar-refractivity contribution >= 4 is 17.7 Å². The van der Waals surface area contributed by atoms with Gasteiger partial charge in [-0.1, -0.05) is 6.92 Å². The van der Waals surface area contributed by atoms with Gasteiger partial charge in [-0.05, 0) is 13.3 Å². The number of carbonyl (C=O) groups is 3. The molecule has 0 saturated carbocycles. The van der Waals surface area contributed by atoms with E-state index < -0.39 is 23.9 Å². The Morgan fingerprint density at radius 2 is 2.27 bits per heavy atom. The van der Waals surface area contributed by atoms with Crippen LogP contribution in [-0.4, -0.2) is 41.2 Å². The molecule has 1 aliphatic heterocycles. The molecule has 1 fully saturated rings. The Kier molecular flexibility index (Phi) is 3.41. The fraction of sp³-hybridized carbons (Fsp3) is 0.667. The van der Waals surface area contributed by atoms with Crippen molar-refractivity contribution in [1.29, 1.82) is 0 Å². The number of nitrogens with zero attached hydrogens (tertiary/aromatic N) is 1. The predicted molar refractivity (Wildman–Crippen MR) is 52.6 cm³/mol. The molecule has 2 atom stereocenters. The zero-order valence-electron chi connectivity index (χ0n) is 8.82. The summed E-state index contributed by atoms with van der Waals surface area (Å²) >= 11 is 0. The molecule has 1 saturated heterocycles. The number of piperazine rings is 1. The maximum Gasteiger partial charge on any atom is 0.243 e. The summed E-state index contributed by atoms with van der Waals surface area (Å²) in [5.74, 6) is -1.28. The first kappa shape index (κ1) is 11.6. The van der Waals surface area contributed by atoms with E-state index in [2.05, 4.69) is 5.32 Å². The third kappa shape index (κ3) is 2.33. The van der Waals surface area contributed by atoms with Gasteiger partial charge in [0.1, 0.15) is 0 Å². The van der Waals surface area contributed by atoms with Crippen LogP contribution >= 0.6 is 0 Å². The lowest BCUT2D eigenvalue weighted by Gasteiger charge is -2.36. The van der Waals surface area contributed by atoms with E-state index in [4.69, 9.17) is 5.73 Å². The van der Waals surface area contributed by atoms with E-state index in [9.17, 15) is 14.4 Å². The van der Waals surface area contributed by atoms with E-state index in [-0.39, 0.29) is 12.5 Å².